The minimum Gasteiger partial charge on any atom is -0.390 e. The van der Waals surface area contributed by atoms with Crippen LogP contribution in [-0.4, -0.2) is 117 Å². The summed E-state index contributed by atoms with van der Waals surface area (Å²) in [5.41, 5.74) is 0.366. The van der Waals surface area contributed by atoms with Gasteiger partial charge in [0.25, 0.3) is 5.92 Å². The highest BCUT2D eigenvalue weighted by molar-refractivity contribution is 4.98. The summed E-state index contributed by atoms with van der Waals surface area (Å²) < 4.78 is 24.6. The molecule has 0 aromatic carbocycles. The monoisotopic (exact) mass is 572 g/mol. The van der Waals surface area contributed by atoms with Gasteiger partial charge in [-0.05, 0) is 116 Å². The topological polar surface area (TPSA) is 37.6 Å². The molecule has 0 amide bonds. The van der Waals surface area contributed by atoms with Crippen LogP contribution < -0.4 is 0 Å². The predicted octanol–water partition coefficient (Wildman–Crippen LogP) is 6.10. The van der Waals surface area contributed by atoms with E-state index in [1.165, 1.54) is 19.5 Å². The van der Waals surface area contributed by atoms with Crippen LogP contribution in [-0.2, 0) is 0 Å². The van der Waals surface area contributed by atoms with Gasteiger partial charge >= 0.3 is 0 Å². The van der Waals surface area contributed by atoms with Crippen molar-refractivity contribution < 1.29 is 13.9 Å². The molecule has 4 aliphatic heterocycles. The molecule has 0 spiro atoms. The van der Waals surface area contributed by atoms with Crippen LogP contribution in [0.15, 0.2) is 0 Å². The fourth-order valence-electron chi connectivity index (χ4n) is 4.53. The molecule has 4 rings (SSSR count). The lowest BCUT2D eigenvalue weighted by Crippen LogP contribution is -2.62. The van der Waals surface area contributed by atoms with Crippen LogP contribution in [0.5, 0.6) is 0 Å². The Kier molecular flexibility index (Phi) is 12.3. The molecule has 4 heterocycles. The quantitative estimate of drug-likeness (QED) is 0.385. The van der Waals surface area contributed by atoms with Crippen molar-refractivity contribution in [3.05, 3.63) is 11.4 Å². The van der Waals surface area contributed by atoms with Gasteiger partial charge in [0, 0.05) is 41.2 Å². The second kappa shape index (κ2) is 13.2. The number of hydrogen-bond donors (Lipinski definition) is 1. The zero-order valence-electron chi connectivity index (χ0n) is 28.5. The third-order valence-corrected chi connectivity index (χ3v) is 8.42. The Balaban J connectivity index is 0.000000269. The van der Waals surface area contributed by atoms with Crippen molar-refractivity contribution in [2.24, 2.45) is 5.92 Å². The second-order valence-corrected chi connectivity index (χ2v) is 16.7. The standard InChI is InChI=1S/C10H21NO.C8H14N2.C7H13F2N.C7H15N/c1-9(2,3)11-6-8(7-11)10(4,5)12;1-8(2,3)10-5-7(6-10)9-4;1-6(2,3)10-4-7(8,9)5-10;1-7(2,3)8-5-4-6-8/h8,12H,6-7H2,1-5H3;7H,5-6H2,1-3H3;4-5H2,1-3H3;4-6H2,1-3H3. The number of aliphatic hydroxyl groups is 1. The van der Waals surface area contributed by atoms with Crippen molar-refractivity contribution in [3.8, 4) is 0 Å². The maximum absolute atomic E-state index is 12.3. The van der Waals surface area contributed by atoms with Crippen molar-refractivity contribution >= 4 is 0 Å². The number of likely N-dealkylation sites (tertiary alicyclic amines) is 4. The Morgan fingerprint density at radius 2 is 0.975 bits per heavy atom. The lowest BCUT2D eigenvalue weighted by Gasteiger charge is -2.51. The molecule has 40 heavy (non-hydrogen) atoms. The lowest BCUT2D eigenvalue weighted by molar-refractivity contribution is -0.160. The van der Waals surface area contributed by atoms with Crippen molar-refractivity contribution in [2.75, 3.05) is 52.4 Å². The third-order valence-electron chi connectivity index (χ3n) is 8.42. The average Bonchev–Trinajstić information content (AvgIpc) is 2.51. The molecule has 1 N–H and O–H groups in total. The van der Waals surface area contributed by atoms with Crippen LogP contribution in [0.25, 0.3) is 4.85 Å². The minimum atomic E-state index is -2.42. The molecule has 0 unspecified atom stereocenters. The molecule has 0 aliphatic carbocycles. The van der Waals surface area contributed by atoms with E-state index in [0.29, 0.717) is 11.5 Å². The van der Waals surface area contributed by atoms with E-state index in [2.05, 4.69) is 81.9 Å². The first kappa shape index (κ1) is 37.2. The molecule has 0 atom stereocenters. The molecule has 4 aliphatic rings. The third kappa shape index (κ3) is 12.2. The molecule has 0 aromatic heterocycles. The molecule has 0 bridgehead atoms. The summed E-state index contributed by atoms with van der Waals surface area (Å²) in [5.74, 6) is -1.97. The first-order valence-corrected chi connectivity index (χ1v) is 15.1. The van der Waals surface area contributed by atoms with E-state index in [1.807, 2.05) is 34.6 Å². The van der Waals surface area contributed by atoms with Gasteiger partial charge < -0.3 is 9.95 Å². The fraction of sp³-hybridized carbons (Fsp3) is 0.969. The Morgan fingerprint density at radius 3 is 1.15 bits per heavy atom. The summed E-state index contributed by atoms with van der Waals surface area (Å²) in [5, 5.41) is 9.69. The van der Waals surface area contributed by atoms with E-state index in [0.717, 1.165) is 26.2 Å². The summed E-state index contributed by atoms with van der Waals surface area (Å²) in [6, 6.07) is 0.277. The van der Waals surface area contributed by atoms with Crippen molar-refractivity contribution in [1.29, 1.82) is 0 Å². The highest BCUT2D eigenvalue weighted by Gasteiger charge is 2.47. The molecule has 8 heteroatoms. The van der Waals surface area contributed by atoms with Gasteiger partial charge in [-0.25, -0.2) is 15.4 Å². The first-order valence-electron chi connectivity index (χ1n) is 15.1. The zero-order chi connectivity index (χ0) is 31.5. The number of nitrogens with zero attached hydrogens (tertiary/aromatic N) is 5. The first-order chi connectivity index (χ1) is 17.7. The fourth-order valence-corrected chi connectivity index (χ4v) is 4.53. The Morgan fingerprint density at radius 1 is 0.625 bits per heavy atom. The van der Waals surface area contributed by atoms with Gasteiger partial charge in [0.05, 0.1) is 31.8 Å². The van der Waals surface area contributed by atoms with Crippen LogP contribution in [0, 0.1) is 12.5 Å². The van der Waals surface area contributed by atoms with Crippen LogP contribution >= 0.6 is 0 Å². The van der Waals surface area contributed by atoms with Crippen molar-refractivity contribution in [3.63, 3.8) is 0 Å². The molecule has 6 nitrogen and oxygen atoms in total. The summed E-state index contributed by atoms with van der Waals surface area (Å²) in [6.07, 6.45) is 1.40. The smallest absolute Gasteiger partial charge is 0.272 e. The van der Waals surface area contributed by atoms with E-state index in [9.17, 15) is 13.9 Å². The van der Waals surface area contributed by atoms with Gasteiger partial charge in [0.15, 0.2) is 0 Å². The highest BCUT2D eigenvalue weighted by Crippen LogP contribution is 2.33. The average molecular weight is 572 g/mol. The van der Waals surface area contributed by atoms with Crippen LogP contribution in [0.4, 0.5) is 8.78 Å². The summed E-state index contributed by atoms with van der Waals surface area (Å²) in [7, 11) is 0. The van der Waals surface area contributed by atoms with Gasteiger partial charge in [-0.3, -0.25) is 19.6 Å². The molecule has 4 saturated heterocycles. The Labute approximate surface area is 246 Å². The number of alkyl halides is 2. The van der Waals surface area contributed by atoms with Gasteiger partial charge in [0.1, 0.15) is 0 Å². The van der Waals surface area contributed by atoms with E-state index in [-0.39, 0.29) is 35.7 Å². The molecule has 0 radical (unpaired) electrons. The Hall–Kier alpha value is -0.850. The molecular formula is C32H63F2N5O. The summed E-state index contributed by atoms with van der Waals surface area (Å²) >= 11 is 0. The highest BCUT2D eigenvalue weighted by atomic mass is 19.3. The molecular weight excluding hydrogens is 508 g/mol. The van der Waals surface area contributed by atoms with E-state index >= 15 is 0 Å². The van der Waals surface area contributed by atoms with Crippen molar-refractivity contribution in [1.82, 2.24) is 19.6 Å². The van der Waals surface area contributed by atoms with Crippen LogP contribution in [0.2, 0.25) is 0 Å². The van der Waals surface area contributed by atoms with E-state index in [4.69, 9.17) is 6.57 Å². The van der Waals surface area contributed by atoms with Crippen LogP contribution in [0.3, 0.4) is 0 Å². The molecule has 4 fully saturated rings. The maximum atomic E-state index is 12.3. The van der Waals surface area contributed by atoms with Crippen LogP contribution in [0.1, 0.15) is 103 Å². The van der Waals surface area contributed by atoms with Gasteiger partial charge in [-0.1, -0.05) is 0 Å². The molecule has 236 valence electrons. The number of rotatable bonds is 1. The van der Waals surface area contributed by atoms with Gasteiger partial charge in [-0.2, -0.15) is 0 Å². The predicted molar refractivity (Wildman–Crippen MR) is 165 cm³/mol. The summed E-state index contributed by atoms with van der Waals surface area (Å²) in [6.45, 7) is 42.9. The Bertz CT molecular complexity index is 779. The SMILES string of the molecule is CC(C)(C)N1CC(F)(F)C1.CC(C)(C)N1CCC1.CC(C)(O)C1CN(C(C)(C)C)C1.[C-]#[N+]C1CN(C(C)(C)C)C1. The number of hydrogen-bond acceptors (Lipinski definition) is 5. The van der Waals surface area contributed by atoms with Gasteiger partial charge in [0.2, 0.25) is 6.04 Å². The van der Waals surface area contributed by atoms with Gasteiger partial charge in [-0.15, -0.1) is 0 Å². The van der Waals surface area contributed by atoms with E-state index < -0.39 is 11.5 Å². The minimum absolute atomic E-state index is 0.0729. The summed E-state index contributed by atoms with van der Waals surface area (Å²) in [4.78, 5) is 12.5. The zero-order valence-corrected chi connectivity index (χ0v) is 28.5. The normalized spacial score (nSPS) is 23.3. The van der Waals surface area contributed by atoms with E-state index in [1.54, 1.807) is 4.90 Å². The largest absolute Gasteiger partial charge is 0.390 e. The molecule has 0 saturated carbocycles. The van der Waals surface area contributed by atoms with Crippen molar-refractivity contribution in [2.45, 2.75) is 143 Å². The number of halogens is 2. The molecule has 0 aromatic rings. The maximum Gasteiger partial charge on any atom is 0.272 e. The second-order valence-electron chi connectivity index (χ2n) is 16.7. The lowest BCUT2D eigenvalue weighted by atomic mass is 9.82.